The predicted molar refractivity (Wildman–Crippen MR) is 169 cm³/mol. The topological polar surface area (TPSA) is 189 Å². The van der Waals surface area contributed by atoms with Gasteiger partial charge in [-0.25, -0.2) is 0 Å². The summed E-state index contributed by atoms with van der Waals surface area (Å²) in [5.41, 5.74) is 0. The van der Waals surface area contributed by atoms with E-state index in [0.717, 1.165) is 32.1 Å². The van der Waals surface area contributed by atoms with E-state index >= 15 is 0 Å². The normalized spacial score (nSPS) is 25.3. The Balaban J connectivity index is 2.72. The van der Waals surface area contributed by atoms with Gasteiger partial charge in [0.2, 0.25) is 5.91 Å². The van der Waals surface area contributed by atoms with Crippen LogP contribution in [0.1, 0.15) is 110 Å². The lowest BCUT2D eigenvalue weighted by Crippen LogP contribution is -2.60. The van der Waals surface area contributed by atoms with Gasteiger partial charge < -0.3 is 50.5 Å². The molecule has 0 saturated carbocycles. The fourth-order valence-electron chi connectivity index (χ4n) is 5.03. The van der Waals surface area contributed by atoms with Gasteiger partial charge in [-0.2, -0.15) is 0 Å². The summed E-state index contributed by atoms with van der Waals surface area (Å²) in [5.74, 6) is -0.749. The van der Waals surface area contributed by atoms with Crippen LogP contribution in [0.25, 0.3) is 0 Å². The van der Waals surface area contributed by atoms with Gasteiger partial charge in [0.1, 0.15) is 36.6 Å². The third-order valence-corrected chi connectivity index (χ3v) is 7.98. The zero-order valence-corrected chi connectivity index (χ0v) is 26.9. The Kier molecular flexibility index (Phi) is 22.9. The standard InChI is InChI=1S/C33H61NO10/c1-3-5-7-9-11-13-15-16-18-20-25(36)28(38)24(23-43-33-31(41)30(40)29(39)27(22-35)44-33)34-32(42)26(37)21-19-17-14-12-10-8-6-4-2/h13-15,17,24-31,33,35-41H,3-12,16,18-23H2,1-2H3,(H,34,42)/b15-13+,17-14-. The zero-order valence-electron chi connectivity index (χ0n) is 26.9. The van der Waals surface area contributed by atoms with Crippen LogP contribution in [0, 0.1) is 0 Å². The van der Waals surface area contributed by atoms with Crippen LogP contribution in [0.2, 0.25) is 0 Å². The maximum atomic E-state index is 12.8. The number of carbonyl (C=O) groups excluding carboxylic acids is 1. The molecular weight excluding hydrogens is 570 g/mol. The van der Waals surface area contributed by atoms with Crippen LogP contribution in [0.5, 0.6) is 0 Å². The number of allylic oxidation sites excluding steroid dienone is 4. The number of amides is 1. The number of hydrogen-bond acceptors (Lipinski definition) is 10. The Hall–Kier alpha value is -1.41. The molecule has 0 bridgehead atoms. The molecule has 258 valence electrons. The van der Waals surface area contributed by atoms with Gasteiger partial charge in [-0.05, 0) is 57.8 Å². The van der Waals surface area contributed by atoms with Crippen LogP contribution in [-0.4, -0.2) is 110 Å². The molecule has 0 aromatic carbocycles. The van der Waals surface area contributed by atoms with Crippen molar-refractivity contribution in [1.82, 2.24) is 5.32 Å². The van der Waals surface area contributed by atoms with Crippen molar-refractivity contribution in [3.05, 3.63) is 24.3 Å². The number of unbranched alkanes of at least 4 members (excludes halogenated alkanes) is 9. The third-order valence-electron chi connectivity index (χ3n) is 7.98. The molecule has 44 heavy (non-hydrogen) atoms. The van der Waals surface area contributed by atoms with Crippen molar-refractivity contribution in [2.75, 3.05) is 13.2 Å². The van der Waals surface area contributed by atoms with Crippen molar-refractivity contribution < 1.29 is 50.0 Å². The van der Waals surface area contributed by atoms with Crippen LogP contribution >= 0.6 is 0 Å². The van der Waals surface area contributed by atoms with E-state index in [1.807, 2.05) is 12.2 Å². The number of nitrogens with one attached hydrogen (secondary N) is 1. The monoisotopic (exact) mass is 631 g/mol. The van der Waals surface area contributed by atoms with Crippen LogP contribution in [0.3, 0.4) is 0 Å². The number of carbonyl (C=O) groups is 1. The smallest absolute Gasteiger partial charge is 0.249 e. The van der Waals surface area contributed by atoms with E-state index in [1.54, 1.807) is 0 Å². The molecule has 1 saturated heterocycles. The minimum atomic E-state index is -1.67. The summed E-state index contributed by atoms with van der Waals surface area (Å²) in [6, 6.07) is -1.19. The fourth-order valence-corrected chi connectivity index (χ4v) is 5.03. The SMILES string of the molecule is CCCCCC/C=C\CCC(O)C(=O)NC(COC1OC(CO)C(O)C(O)C1O)C(O)C(O)CCC/C=C/CCCCCC. The molecule has 9 unspecified atom stereocenters. The van der Waals surface area contributed by atoms with E-state index in [4.69, 9.17) is 9.47 Å². The molecule has 0 aromatic rings. The van der Waals surface area contributed by atoms with Crippen LogP contribution in [-0.2, 0) is 14.3 Å². The van der Waals surface area contributed by atoms with Gasteiger partial charge in [0.15, 0.2) is 6.29 Å². The first-order valence-electron chi connectivity index (χ1n) is 16.7. The Morgan fingerprint density at radius 2 is 1.34 bits per heavy atom. The van der Waals surface area contributed by atoms with Gasteiger partial charge >= 0.3 is 0 Å². The Bertz CT molecular complexity index is 780. The lowest BCUT2D eigenvalue weighted by Gasteiger charge is -2.40. The summed E-state index contributed by atoms with van der Waals surface area (Å²) in [6.07, 6.45) is 10.1. The van der Waals surface area contributed by atoms with E-state index in [9.17, 15) is 40.5 Å². The molecular formula is C33H61NO10. The van der Waals surface area contributed by atoms with Gasteiger partial charge in [0, 0.05) is 0 Å². The van der Waals surface area contributed by atoms with Crippen molar-refractivity contribution in [1.29, 1.82) is 0 Å². The average molecular weight is 632 g/mol. The molecule has 1 heterocycles. The van der Waals surface area contributed by atoms with Crippen molar-refractivity contribution in [3.63, 3.8) is 0 Å². The summed E-state index contributed by atoms with van der Waals surface area (Å²) in [4.78, 5) is 12.8. The highest BCUT2D eigenvalue weighted by molar-refractivity contribution is 5.80. The second kappa shape index (κ2) is 24.8. The van der Waals surface area contributed by atoms with E-state index < -0.39 is 74.2 Å². The minimum Gasteiger partial charge on any atom is -0.394 e. The van der Waals surface area contributed by atoms with E-state index in [-0.39, 0.29) is 12.8 Å². The minimum absolute atomic E-state index is 0.168. The van der Waals surface area contributed by atoms with Crippen LogP contribution in [0.4, 0.5) is 0 Å². The van der Waals surface area contributed by atoms with Crippen molar-refractivity contribution in [2.45, 2.75) is 165 Å². The zero-order chi connectivity index (χ0) is 32.7. The van der Waals surface area contributed by atoms with Crippen LogP contribution in [0.15, 0.2) is 24.3 Å². The van der Waals surface area contributed by atoms with Crippen molar-refractivity contribution in [3.8, 4) is 0 Å². The molecule has 1 rings (SSSR count). The average Bonchev–Trinajstić information content (AvgIpc) is 3.02. The number of rotatable bonds is 25. The maximum Gasteiger partial charge on any atom is 0.249 e. The predicted octanol–water partition coefficient (Wildman–Crippen LogP) is 2.37. The molecule has 0 aliphatic carbocycles. The molecule has 1 fully saturated rings. The molecule has 0 aromatic heterocycles. The molecule has 1 aliphatic rings. The van der Waals surface area contributed by atoms with Crippen LogP contribution < -0.4 is 5.32 Å². The fraction of sp³-hybridized carbons (Fsp3) is 0.848. The molecule has 0 radical (unpaired) electrons. The Labute approximate surface area is 264 Å². The Morgan fingerprint density at radius 1 is 0.773 bits per heavy atom. The second-order valence-electron chi connectivity index (χ2n) is 11.9. The molecule has 11 heteroatoms. The molecule has 0 spiro atoms. The van der Waals surface area contributed by atoms with Gasteiger partial charge in [0.25, 0.3) is 0 Å². The molecule has 11 nitrogen and oxygen atoms in total. The van der Waals surface area contributed by atoms with Gasteiger partial charge in [0.05, 0.1) is 25.4 Å². The highest BCUT2D eigenvalue weighted by atomic mass is 16.7. The summed E-state index contributed by atoms with van der Waals surface area (Å²) in [7, 11) is 0. The second-order valence-corrected chi connectivity index (χ2v) is 11.9. The van der Waals surface area contributed by atoms with Crippen molar-refractivity contribution in [2.24, 2.45) is 0 Å². The summed E-state index contributed by atoms with van der Waals surface area (Å²) in [5, 5.41) is 74.5. The summed E-state index contributed by atoms with van der Waals surface area (Å²) in [6.45, 7) is 3.24. The first-order chi connectivity index (χ1) is 21.2. The number of hydrogen-bond donors (Lipinski definition) is 8. The number of ether oxygens (including phenoxy) is 2. The van der Waals surface area contributed by atoms with E-state index in [0.29, 0.717) is 12.8 Å². The van der Waals surface area contributed by atoms with Gasteiger partial charge in [-0.1, -0.05) is 76.7 Å². The maximum absolute atomic E-state index is 12.8. The molecule has 1 aliphatic heterocycles. The quantitative estimate of drug-likeness (QED) is 0.0549. The van der Waals surface area contributed by atoms with Gasteiger partial charge in [-0.15, -0.1) is 0 Å². The molecule has 1 amide bonds. The largest absolute Gasteiger partial charge is 0.394 e. The first kappa shape index (κ1) is 40.6. The number of aliphatic hydroxyl groups is 7. The lowest BCUT2D eigenvalue weighted by molar-refractivity contribution is -0.303. The lowest BCUT2D eigenvalue weighted by atomic mass is 9.99. The van der Waals surface area contributed by atoms with E-state index in [1.165, 1.54) is 38.5 Å². The van der Waals surface area contributed by atoms with Gasteiger partial charge in [-0.3, -0.25) is 4.79 Å². The number of aliphatic hydroxyl groups excluding tert-OH is 7. The molecule has 8 N–H and O–H groups in total. The summed E-state index contributed by atoms with van der Waals surface area (Å²) < 4.78 is 10.9. The van der Waals surface area contributed by atoms with Crippen molar-refractivity contribution >= 4 is 5.91 Å². The van der Waals surface area contributed by atoms with E-state index in [2.05, 4.69) is 31.3 Å². The molecule has 9 atom stereocenters. The summed E-state index contributed by atoms with van der Waals surface area (Å²) >= 11 is 0. The highest BCUT2D eigenvalue weighted by Crippen LogP contribution is 2.22. The first-order valence-corrected chi connectivity index (χ1v) is 16.7. The third kappa shape index (κ3) is 16.2. The highest BCUT2D eigenvalue weighted by Gasteiger charge is 2.44. The Morgan fingerprint density at radius 3 is 1.91 bits per heavy atom.